The predicted molar refractivity (Wildman–Crippen MR) is 82.0 cm³/mol. The molecule has 1 atom stereocenters. The largest absolute Gasteiger partial charge is 0.332 e. The zero-order valence-electron chi connectivity index (χ0n) is 11.8. The summed E-state index contributed by atoms with van der Waals surface area (Å²) in [5.74, 6) is -0.0545. The number of rotatable bonds is 2. The average Bonchev–Trinajstić information content (AvgIpc) is 2.98. The number of para-hydroxylation sites is 1. The van der Waals surface area contributed by atoms with Crippen molar-refractivity contribution in [3.8, 4) is 5.69 Å². The number of carbonyl (C=O) groups is 1. The van der Waals surface area contributed by atoms with E-state index in [2.05, 4.69) is 15.5 Å². The van der Waals surface area contributed by atoms with Crippen molar-refractivity contribution in [3.63, 3.8) is 0 Å². The summed E-state index contributed by atoms with van der Waals surface area (Å²) in [7, 11) is 0. The average molecular weight is 308 g/mol. The molecule has 0 unspecified atom stereocenters. The second kappa shape index (κ2) is 6.69. The first-order valence-electron chi connectivity index (χ1n) is 6.75. The van der Waals surface area contributed by atoms with E-state index >= 15 is 0 Å². The number of aromatic nitrogens is 3. The van der Waals surface area contributed by atoms with Gasteiger partial charge in [-0.25, -0.2) is 0 Å². The Bertz CT molecular complexity index is 600. The summed E-state index contributed by atoms with van der Waals surface area (Å²) in [5, 5.41) is 11.7. The number of nitrogens with zero attached hydrogens (tertiary/aromatic N) is 4. The summed E-state index contributed by atoms with van der Waals surface area (Å²) >= 11 is 0. The first kappa shape index (κ1) is 15.5. The van der Waals surface area contributed by atoms with E-state index in [0.29, 0.717) is 12.2 Å². The summed E-state index contributed by atoms with van der Waals surface area (Å²) in [4.78, 5) is 15.8. The van der Waals surface area contributed by atoms with Gasteiger partial charge < -0.3 is 10.2 Å². The van der Waals surface area contributed by atoms with Crippen LogP contribution in [0.1, 0.15) is 17.4 Å². The maximum Gasteiger partial charge on any atom is 0.276 e. The van der Waals surface area contributed by atoms with E-state index in [4.69, 9.17) is 0 Å². The Kier molecular flexibility index (Phi) is 4.93. The highest BCUT2D eigenvalue weighted by atomic mass is 35.5. The van der Waals surface area contributed by atoms with E-state index < -0.39 is 0 Å². The molecule has 0 saturated carbocycles. The molecule has 6 nitrogen and oxygen atoms in total. The minimum atomic E-state index is -0.0545. The smallest absolute Gasteiger partial charge is 0.276 e. The molecule has 21 heavy (non-hydrogen) atoms. The molecule has 3 rings (SSSR count). The van der Waals surface area contributed by atoms with E-state index in [9.17, 15) is 4.79 Å². The van der Waals surface area contributed by atoms with E-state index in [-0.39, 0.29) is 24.4 Å². The molecule has 1 fully saturated rings. The number of benzene rings is 1. The summed E-state index contributed by atoms with van der Waals surface area (Å²) in [5.41, 5.74) is 1.24. The second-order valence-corrected chi connectivity index (χ2v) is 4.91. The highest BCUT2D eigenvalue weighted by Crippen LogP contribution is 2.10. The standard InChI is InChI=1S/C14H17N5O.ClH/c1-11-9-15-7-8-18(11)14(20)13-10-16-19(17-13)12-5-3-2-4-6-12;/h2-6,10-11,15H,7-9H2,1H3;1H/t11-;/m0./s1. The van der Waals surface area contributed by atoms with Gasteiger partial charge in [0.2, 0.25) is 0 Å². The quantitative estimate of drug-likeness (QED) is 0.903. The summed E-state index contributed by atoms with van der Waals surface area (Å²) < 4.78 is 0. The van der Waals surface area contributed by atoms with Gasteiger partial charge in [-0.2, -0.15) is 9.90 Å². The number of halogens is 1. The lowest BCUT2D eigenvalue weighted by Gasteiger charge is -2.33. The van der Waals surface area contributed by atoms with E-state index in [1.165, 1.54) is 11.0 Å². The fourth-order valence-electron chi connectivity index (χ4n) is 2.34. The van der Waals surface area contributed by atoms with Gasteiger partial charge in [-0.05, 0) is 19.1 Å². The van der Waals surface area contributed by atoms with Crippen molar-refractivity contribution in [1.82, 2.24) is 25.2 Å². The van der Waals surface area contributed by atoms with Crippen LogP contribution in [0.3, 0.4) is 0 Å². The molecule has 112 valence electrons. The van der Waals surface area contributed by atoms with Crippen molar-refractivity contribution in [1.29, 1.82) is 0 Å². The van der Waals surface area contributed by atoms with Gasteiger partial charge in [-0.15, -0.1) is 17.5 Å². The van der Waals surface area contributed by atoms with Crippen LogP contribution >= 0.6 is 12.4 Å². The van der Waals surface area contributed by atoms with Crippen LogP contribution in [0.25, 0.3) is 5.69 Å². The zero-order chi connectivity index (χ0) is 13.9. The summed E-state index contributed by atoms with van der Waals surface area (Å²) in [6, 6.07) is 9.75. The van der Waals surface area contributed by atoms with Crippen LogP contribution in [0.15, 0.2) is 36.5 Å². The first-order chi connectivity index (χ1) is 9.75. The molecule has 1 N–H and O–H groups in total. The Labute approximate surface area is 129 Å². The highest BCUT2D eigenvalue weighted by molar-refractivity contribution is 5.92. The third-order valence-electron chi connectivity index (χ3n) is 3.46. The number of nitrogens with one attached hydrogen (secondary N) is 1. The molecule has 2 aromatic rings. The molecule has 0 spiro atoms. The van der Waals surface area contributed by atoms with Crippen LogP contribution in [0, 0.1) is 0 Å². The SMILES string of the molecule is C[C@H]1CNCCN1C(=O)c1cnn(-c2ccccc2)n1.Cl. The van der Waals surface area contributed by atoms with Crippen LogP contribution in [0.5, 0.6) is 0 Å². The lowest BCUT2D eigenvalue weighted by molar-refractivity contribution is 0.0649. The molecule has 0 aliphatic carbocycles. The van der Waals surface area contributed by atoms with Gasteiger partial charge in [0.15, 0.2) is 5.69 Å². The molecule has 1 aromatic heterocycles. The number of amides is 1. The third kappa shape index (κ3) is 3.22. The van der Waals surface area contributed by atoms with Crippen LogP contribution < -0.4 is 5.32 Å². The molecule has 1 aliphatic rings. The maximum absolute atomic E-state index is 12.4. The van der Waals surface area contributed by atoms with E-state index in [0.717, 1.165) is 18.8 Å². The van der Waals surface area contributed by atoms with Crippen molar-refractivity contribution < 1.29 is 4.79 Å². The molecule has 1 aliphatic heterocycles. The van der Waals surface area contributed by atoms with Gasteiger partial charge in [0.25, 0.3) is 5.91 Å². The predicted octanol–water partition coefficient (Wildman–Crippen LogP) is 1.12. The molecule has 1 amide bonds. The van der Waals surface area contributed by atoms with Gasteiger partial charge in [-0.1, -0.05) is 18.2 Å². The van der Waals surface area contributed by atoms with Crippen molar-refractivity contribution in [3.05, 3.63) is 42.2 Å². The Balaban J connectivity index is 0.00000161. The van der Waals surface area contributed by atoms with Crippen LogP contribution in [-0.4, -0.2) is 51.5 Å². The minimum Gasteiger partial charge on any atom is -0.332 e. The molecule has 1 aromatic carbocycles. The van der Waals surface area contributed by atoms with Crippen LogP contribution in [-0.2, 0) is 0 Å². The molecule has 0 bridgehead atoms. The highest BCUT2D eigenvalue weighted by Gasteiger charge is 2.26. The number of piperazine rings is 1. The summed E-state index contributed by atoms with van der Waals surface area (Å²) in [6.45, 7) is 4.38. The van der Waals surface area contributed by atoms with Crippen molar-refractivity contribution in [2.24, 2.45) is 0 Å². The maximum atomic E-state index is 12.4. The monoisotopic (exact) mass is 307 g/mol. The van der Waals surface area contributed by atoms with E-state index in [1.54, 1.807) is 0 Å². The second-order valence-electron chi connectivity index (χ2n) is 4.91. The topological polar surface area (TPSA) is 63.1 Å². The Hall–Kier alpha value is -1.92. The van der Waals surface area contributed by atoms with Crippen molar-refractivity contribution in [2.45, 2.75) is 13.0 Å². The third-order valence-corrected chi connectivity index (χ3v) is 3.46. The number of hydrogen-bond donors (Lipinski definition) is 1. The zero-order valence-corrected chi connectivity index (χ0v) is 12.6. The lowest BCUT2D eigenvalue weighted by Crippen LogP contribution is -2.52. The Morgan fingerprint density at radius 1 is 1.33 bits per heavy atom. The number of hydrogen-bond acceptors (Lipinski definition) is 4. The van der Waals surface area contributed by atoms with Gasteiger partial charge >= 0.3 is 0 Å². The fraction of sp³-hybridized carbons (Fsp3) is 0.357. The summed E-state index contributed by atoms with van der Waals surface area (Å²) in [6.07, 6.45) is 1.53. The van der Waals surface area contributed by atoms with Crippen LogP contribution in [0.2, 0.25) is 0 Å². The lowest BCUT2D eigenvalue weighted by atomic mass is 10.2. The Morgan fingerprint density at radius 3 is 2.81 bits per heavy atom. The normalized spacial score (nSPS) is 18.1. The molecular formula is C14H18ClN5O. The van der Waals surface area contributed by atoms with Gasteiger partial charge in [0.1, 0.15) is 0 Å². The van der Waals surface area contributed by atoms with Crippen LogP contribution in [0.4, 0.5) is 0 Å². The van der Waals surface area contributed by atoms with Gasteiger partial charge in [0.05, 0.1) is 11.9 Å². The Morgan fingerprint density at radius 2 is 2.10 bits per heavy atom. The molecule has 2 heterocycles. The minimum absolute atomic E-state index is 0. The molecule has 0 radical (unpaired) electrons. The molecule has 7 heteroatoms. The van der Waals surface area contributed by atoms with Gasteiger partial charge in [-0.3, -0.25) is 4.79 Å². The molecular weight excluding hydrogens is 290 g/mol. The van der Waals surface area contributed by atoms with E-state index in [1.807, 2.05) is 42.2 Å². The van der Waals surface area contributed by atoms with Gasteiger partial charge in [0, 0.05) is 25.7 Å². The van der Waals surface area contributed by atoms with Crippen molar-refractivity contribution >= 4 is 18.3 Å². The molecule has 1 saturated heterocycles. The number of carbonyl (C=O) groups excluding carboxylic acids is 1. The van der Waals surface area contributed by atoms with Crippen molar-refractivity contribution in [2.75, 3.05) is 19.6 Å². The fourth-order valence-corrected chi connectivity index (χ4v) is 2.34. The first-order valence-corrected chi connectivity index (χ1v) is 6.75.